The van der Waals surface area contributed by atoms with Gasteiger partial charge < -0.3 is 14.4 Å². The molecule has 1 saturated heterocycles. The van der Waals surface area contributed by atoms with E-state index in [0.717, 1.165) is 43.1 Å². The first kappa shape index (κ1) is 20.0. The minimum atomic E-state index is 0.189. The van der Waals surface area contributed by atoms with E-state index in [1.807, 2.05) is 12.1 Å². The van der Waals surface area contributed by atoms with Crippen LogP contribution < -0.4 is 9.47 Å². The predicted molar refractivity (Wildman–Crippen MR) is 107 cm³/mol. The van der Waals surface area contributed by atoms with E-state index in [1.54, 1.807) is 21.1 Å². The highest BCUT2D eigenvalue weighted by Crippen LogP contribution is 2.45. The molecule has 0 unspecified atom stereocenters. The molecule has 1 atom stereocenters. The van der Waals surface area contributed by atoms with Crippen molar-refractivity contribution in [3.05, 3.63) is 23.8 Å². The van der Waals surface area contributed by atoms with E-state index in [9.17, 15) is 4.79 Å². The van der Waals surface area contributed by atoms with E-state index in [-0.39, 0.29) is 11.4 Å². The molecule has 2 aliphatic rings. The maximum absolute atomic E-state index is 12.2. The van der Waals surface area contributed by atoms with Crippen LogP contribution in [-0.4, -0.2) is 54.6 Å². The van der Waals surface area contributed by atoms with Crippen molar-refractivity contribution in [2.24, 2.45) is 0 Å². The molecule has 0 radical (unpaired) electrons. The molecule has 1 saturated carbocycles. The maximum atomic E-state index is 12.2. The van der Waals surface area contributed by atoms with Gasteiger partial charge in [-0.1, -0.05) is 31.4 Å². The first-order valence-corrected chi connectivity index (χ1v) is 10.3. The fourth-order valence-electron chi connectivity index (χ4n) is 5.27. The van der Waals surface area contributed by atoms with Crippen molar-refractivity contribution in [2.75, 3.05) is 27.3 Å². The molecular formula is C22H34N2O3. The molecule has 5 nitrogen and oxygen atoms in total. The summed E-state index contributed by atoms with van der Waals surface area (Å²) in [4.78, 5) is 16.8. The van der Waals surface area contributed by atoms with Crippen LogP contribution in [0.3, 0.4) is 0 Å². The SMILES string of the molecule is CCN(C(C)=O)[C@H]1CN(Cc2cccc(OC)c2OC)C2(CCCCC2)C1. The molecule has 0 bridgehead atoms. The third-order valence-corrected chi connectivity index (χ3v) is 6.53. The van der Waals surface area contributed by atoms with E-state index >= 15 is 0 Å². The number of carbonyl (C=O) groups excluding carboxylic acids is 1. The van der Waals surface area contributed by atoms with Crippen LogP contribution in [0.4, 0.5) is 0 Å². The van der Waals surface area contributed by atoms with Gasteiger partial charge in [0.1, 0.15) is 0 Å². The summed E-state index contributed by atoms with van der Waals surface area (Å²) >= 11 is 0. The first-order chi connectivity index (χ1) is 13.0. The number of amides is 1. The van der Waals surface area contributed by atoms with Gasteiger partial charge in [0, 0.05) is 43.7 Å². The second kappa shape index (κ2) is 8.51. The number of rotatable bonds is 6. The van der Waals surface area contributed by atoms with Crippen LogP contribution in [0.1, 0.15) is 57.9 Å². The molecule has 1 aromatic carbocycles. The van der Waals surface area contributed by atoms with Crippen molar-refractivity contribution in [3.8, 4) is 11.5 Å². The topological polar surface area (TPSA) is 42.0 Å². The summed E-state index contributed by atoms with van der Waals surface area (Å²) in [7, 11) is 3.39. The Morgan fingerprint density at radius 3 is 2.56 bits per heavy atom. The number of benzene rings is 1. The lowest BCUT2D eigenvalue weighted by atomic mass is 9.79. The standard InChI is InChI=1S/C22H34N2O3/c1-5-24(17(2)25)19-14-22(12-7-6-8-13-22)23(16-19)15-18-10-9-11-20(26-3)21(18)27-4/h9-11,19H,5-8,12-16H2,1-4H3/t19-/m1/s1. The summed E-state index contributed by atoms with van der Waals surface area (Å²) in [5.41, 5.74) is 1.37. The Morgan fingerprint density at radius 2 is 1.96 bits per heavy atom. The maximum Gasteiger partial charge on any atom is 0.219 e. The normalized spacial score (nSPS) is 22.0. The Labute approximate surface area is 163 Å². The van der Waals surface area contributed by atoms with Crippen LogP contribution in [0.25, 0.3) is 0 Å². The molecule has 0 aromatic heterocycles. The van der Waals surface area contributed by atoms with Gasteiger partial charge >= 0.3 is 0 Å². The lowest BCUT2D eigenvalue weighted by Gasteiger charge is -2.41. The molecule has 0 N–H and O–H groups in total. The van der Waals surface area contributed by atoms with Crippen molar-refractivity contribution < 1.29 is 14.3 Å². The molecular weight excluding hydrogens is 340 g/mol. The van der Waals surface area contributed by atoms with E-state index < -0.39 is 0 Å². The van der Waals surface area contributed by atoms with Gasteiger partial charge in [0.15, 0.2) is 11.5 Å². The molecule has 1 aliphatic carbocycles. The highest BCUT2D eigenvalue weighted by molar-refractivity contribution is 5.73. The average Bonchev–Trinajstić information content (AvgIpc) is 2.99. The zero-order valence-electron chi connectivity index (χ0n) is 17.3. The van der Waals surface area contributed by atoms with Gasteiger partial charge in [-0.15, -0.1) is 0 Å². The molecule has 27 heavy (non-hydrogen) atoms. The monoisotopic (exact) mass is 374 g/mol. The number of ether oxygens (including phenoxy) is 2. The summed E-state index contributed by atoms with van der Waals surface area (Å²) in [6, 6.07) is 6.42. The van der Waals surface area contributed by atoms with E-state index in [1.165, 1.54) is 32.1 Å². The second-order valence-electron chi connectivity index (χ2n) is 7.98. The number of para-hydroxylation sites is 1. The van der Waals surface area contributed by atoms with E-state index in [0.29, 0.717) is 6.04 Å². The van der Waals surface area contributed by atoms with Crippen LogP contribution in [0.2, 0.25) is 0 Å². The minimum Gasteiger partial charge on any atom is -0.493 e. The van der Waals surface area contributed by atoms with Crippen molar-refractivity contribution in [3.63, 3.8) is 0 Å². The quantitative estimate of drug-likeness (QED) is 0.758. The van der Waals surface area contributed by atoms with Gasteiger partial charge in [0.2, 0.25) is 5.91 Å². The molecule has 5 heteroatoms. The Hall–Kier alpha value is -1.75. The zero-order chi connectivity index (χ0) is 19.4. The van der Waals surface area contributed by atoms with Crippen LogP contribution in [0, 0.1) is 0 Å². The summed E-state index contributed by atoms with van der Waals surface area (Å²) in [6.07, 6.45) is 7.44. The number of methoxy groups -OCH3 is 2. The summed E-state index contributed by atoms with van der Waals surface area (Å²) in [5, 5.41) is 0. The lowest BCUT2D eigenvalue weighted by molar-refractivity contribution is -0.130. The van der Waals surface area contributed by atoms with Gasteiger partial charge in [-0.05, 0) is 32.3 Å². The van der Waals surface area contributed by atoms with Gasteiger partial charge in [0.25, 0.3) is 0 Å². The van der Waals surface area contributed by atoms with Crippen molar-refractivity contribution in [1.29, 1.82) is 0 Å². The summed E-state index contributed by atoms with van der Waals surface area (Å²) in [6.45, 7) is 6.35. The number of nitrogens with zero attached hydrogens (tertiary/aromatic N) is 2. The Balaban J connectivity index is 1.89. The largest absolute Gasteiger partial charge is 0.493 e. The highest BCUT2D eigenvalue weighted by atomic mass is 16.5. The van der Waals surface area contributed by atoms with Gasteiger partial charge in [-0.3, -0.25) is 9.69 Å². The summed E-state index contributed by atoms with van der Waals surface area (Å²) in [5.74, 6) is 1.80. The van der Waals surface area contributed by atoms with Crippen molar-refractivity contribution in [1.82, 2.24) is 9.80 Å². The van der Waals surface area contributed by atoms with Crippen LogP contribution in [0.15, 0.2) is 18.2 Å². The molecule has 1 aromatic rings. The molecule has 1 amide bonds. The molecule has 3 rings (SSSR count). The molecule has 1 heterocycles. The van der Waals surface area contributed by atoms with Crippen LogP contribution >= 0.6 is 0 Å². The minimum absolute atomic E-state index is 0.189. The second-order valence-corrected chi connectivity index (χ2v) is 7.98. The summed E-state index contributed by atoms with van der Waals surface area (Å²) < 4.78 is 11.2. The van der Waals surface area contributed by atoms with Gasteiger partial charge in [0.05, 0.1) is 14.2 Å². The Kier molecular flexibility index (Phi) is 6.30. The molecule has 2 fully saturated rings. The van der Waals surface area contributed by atoms with Crippen molar-refractivity contribution >= 4 is 5.91 Å². The average molecular weight is 375 g/mol. The highest BCUT2D eigenvalue weighted by Gasteiger charge is 2.47. The Morgan fingerprint density at radius 1 is 1.22 bits per heavy atom. The van der Waals surface area contributed by atoms with Crippen molar-refractivity contribution in [2.45, 2.75) is 70.5 Å². The van der Waals surface area contributed by atoms with E-state index in [2.05, 4.69) is 22.8 Å². The van der Waals surface area contributed by atoms with Gasteiger partial charge in [-0.25, -0.2) is 0 Å². The predicted octanol–water partition coefficient (Wildman–Crippen LogP) is 3.85. The Bertz CT molecular complexity index is 655. The number of carbonyl (C=O) groups is 1. The first-order valence-electron chi connectivity index (χ1n) is 10.3. The number of likely N-dealkylation sites (tertiary alicyclic amines) is 1. The number of likely N-dealkylation sites (N-methyl/N-ethyl adjacent to an activating group) is 1. The smallest absolute Gasteiger partial charge is 0.219 e. The number of hydrogen-bond acceptors (Lipinski definition) is 4. The molecule has 1 aliphatic heterocycles. The van der Waals surface area contributed by atoms with Crippen LogP contribution in [0.5, 0.6) is 11.5 Å². The third-order valence-electron chi connectivity index (χ3n) is 6.53. The van der Waals surface area contributed by atoms with Crippen LogP contribution in [-0.2, 0) is 11.3 Å². The molecule has 150 valence electrons. The van der Waals surface area contributed by atoms with E-state index in [4.69, 9.17) is 9.47 Å². The lowest BCUT2D eigenvalue weighted by Crippen LogP contribution is -2.44. The van der Waals surface area contributed by atoms with Gasteiger partial charge in [-0.2, -0.15) is 0 Å². The third kappa shape index (κ3) is 3.93. The zero-order valence-corrected chi connectivity index (χ0v) is 17.3. The molecule has 1 spiro atoms. The fourth-order valence-corrected chi connectivity index (χ4v) is 5.27. The number of hydrogen-bond donors (Lipinski definition) is 0. The fraction of sp³-hybridized carbons (Fsp3) is 0.682.